The number of halogens is 3. The fourth-order valence-electron chi connectivity index (χ4n) is 1.41. The topological polar surface area (TPSA) is 87.1 Å². The van der Waals surface area contributed by atoms with E-state index in [1.54, 1.807) is 6.92 Å². The second kappa shape index (κ2) is 5.75. The van der Waals surface area contributed by atoms with E-state index in [0.717, 1.165) is 0 Å². The third-order valence-corrected chi connectivity index (χ3v) is 3.19. The smallest absolute Gasteiger partial charge is 0.375 e. The zero-order valence-corrected chi connectivity index (χ0v) is 11.2. The van der Waals surface area contributed by atoms with E-state index in [0.29, 0.717) is 15.7 Å². The monoisotopic (exact) mass is 308 g/mol. The maximum absolute atomic E-state index is 11.9. The number of rotatable bonds is 5. The predicted octanol–water partition coefficient (Wildman–Crippen LogP) is 2.21. The quantitative estimate of drug-likeness (QED) is 0.852. The van der Waals surface area contributed by atoms with Gasteiger partial charge in [-0.1, -0.05) is 16.5 Å². The Hall–Kier alpha value is -1.68. The van der Waals surface area contributed by atoms with E-state index in [2.05, 4.69) is 19.9 Å². The van der Waals surface area contributed by atoms with E-state index in [-0.39, 0.29) is 24.7 Å². The van der Waals surface area contributed by atoms with Crippen LogP contribution in [-0.2, 0) is 11.2 Å². The first-order valence-electron chi connectivity index (χ1n) is 5.55. The second-order valence-electron chi connectivity index (χ2n) is 3.90. The normalized spacial score (nSPS) is 12.0. The van der Waals surface area contributed by atoms with E-state index in [4.69, 9.17) is 10.3 Å². The Balaban J connectivity index is 1.91. The molecule has 20 heavy (non-hydrogen) atoms. The highest BCUT2D eigenvalue weighted by molar-refractivity contribution is 7.18. The maximum Gasteiger partial charge on any atom is 0.411 e. The number of alkyl halides is 3. The molecular weight excluding hydrogens is 297 g/mol. The highest BCUT2D eigenvalue weighted by Crippen LogP contribution is 2.29. The van der Waals surface area contributed by atoms with Crippen LogP contribution in [0.15, 0.2) is 4.52 Å². The summed E-state index contributed by atoms with van der Waals surface area (Å²) in [6.07, 6.45) is -4.20. The Morgan fingerprint density at radius 1 is 1.35 bits per heavy atom. The molecule has 0 amide bonds. The molecule has 0 saturated carbocycles. The van der Waals surface area contributed by atoms with Crippen molar-refractivity contribution < 1.29 is 22.4 Å². The first-order chi connectivity index (χ1) is 9.35. The Morgan fingerprint density at radius 2 is 2.10 bits per heavy atom. The summed E-state index contributed by atoms with van der Waals surface area (Å²) in [5, 5.41) is 4.05. The van der Waals surface area contributed by atoms with Gasteiger partial charge < -0.3 is 15.0 Å². The summed E-state index contributed by atoms with van der Waals surface area (Å²) < 4.78 is 45.1. The average molecular weight is 308 g/mol. The van der Waals surface area contributed by atoms with Gasteiger partial charge in [-0.15, -0.1) is 0 Å². The maximum atomic E-state index is 11.9. The molecule has 2 N–H and O–H groups in total. The van der Waals surface area contributed by atoms with Crippen LogP contribution in [0.3, 0.4) is 0 Å². The summed E-state index contributed by atoms with van der Waals surface area (Å²) in [5.74, 6) is 0.524. The minimum Gasteiger partial charge on any atom is -0.375 e. The lowest BCUT2D eigenvalue weighted by atomic mass is 10.4. The van der Waals surface area contributed by atoms with Crippen molar-refractivity contribution in [2.45, 2.75) is 19.5 Å². The van der Waals surface area contributed by atoms with Crippen molar-refractivity contribution in [3.8, 4) is 10.8 Å². The van der Waals surface area contributed by atoms with Crippen LogP contribution in [-0.4, -0.2) is 34.5 Å². The van der Waals surface area contributed by atoms with Gasteiger partial charge in [0.1, 0.15) is 11.5 Å². The number of nitrogen functional groups attached to an aromatic ring is 1. The molecule has 2 rings (SSSR count). The SMILES string of the molecule is Cc1nc(N)sc1-c1nc(CCOCC(F)(F)F)no1. The van der Waals surface area contributed by atoms with Crippen LogP contribution in [0, 0.1) is 6.92 Å². The van der Waals surface area contributed by atoms with Crippen LogP contribution in [0.25, 0.3) is 10.8 Å². The standard InChI is InChI=1S/C10H11F3N4O2S/c1-5-7(20-9(14)15-5)8-16-6(17-19-8)2-3-18-4-10(11,12)13/h2-4H2,1H3,(H2,14,15). The molecule has 0 aliphatic carbocycles. The number of anilines is 1. The number of aromatic nitrogens is 3. The first-order valence-corrected chi connectivity index (χ1v) is 6.37. The molecule has 2 heterocycles. The number of nitrogens with two attached hydrogens (primary N) is 1. The number of ether oxygens (including phenoxy) is 1. The van der Waals surface area contributed by atoms with E-state index in [1.807, 2.05) is 0 Å². The Labute approximate surface area is 115 Å². The third-order valence-electron chi connectivity index (χ3n) is 2.21. The lowest BCUT2D eigenvalue weighted by Crippen LogP contribution is -2.18. The van der Waals surface area contributed by atoms with E-state index < -0.39 is 12.8 Å². The van der Waals surface area contributed by atoms with Crippen molar-refractivity contribution in [3.05, 3.63) is 11.5 Å². The van der Waals surface area contributed by atoms with Crippen LogP contribution in [0.2, 0.25) is 0 Å². The van der Waals surface area contributed by atoms with Gasteiger partial charge >= 0.3 is 6.18 Å². The third kappa shape index (κ3) is 3.90. The molecule has 110 valence electrons. The van der Waals surface area contributed by atoms with Gasteiger partial charge in [0, 0.05) is 6.42 Å². The molecule has 0 aliphatic heterocycles. The number of thiazole rings is 1. The van der Waals surface area contributed by atoms with Crippen LogP contribution in [0.1, 0.15) is 11.5 Å². The second-order valence-corrected chi connectivity index (χ2v) is 4.93. The molecule has 2 aromatic heterocycles. The number of hydrogen-bond donors (Lipinski definition) is 1. The molecule has 0 unspecified atom stereocenters. The van der Waals surface area contributed by atoms with Crippen molar-refractivity contribution >= 4 is 16.5 Å². The van der Waals surface area contributed by atoms with Gasteiger partial charge in [0.2, 0.25) is 0 Å². The highest BCUT2D eigenvalue weighted by atomic mass is 32.1. The molecule has 0 fully saturated rings. The summed E-state index contributed by atoms with van der Waals surface area (Å²) >= 11 is 1.20. The molecule has 6 nitrogen and oxygen atoms in total. The van der Waals surface area contributed by atoms with Crippen molar-refractivity contribution in [3.63, 3.8) is 0 Å². The Morgan fingerprint density at radius 3 is 2.70 bits per heavy atom. The van der Waals surface area contributed by atoms with Gasteiger partial charge in [-0.25, -0.2) is 4.98 Å². The van der Waals surface area contributed by atoms with Gasteiger partial charge in [-0.2, -0.15) is 18.2 Å². The fourth-order valence-corrected chi connectivity index (χ4v) is 2.17. The van der Waals surface area contributed by atoms with Crippen molar-refractivity contribution in [1.29, 1.82) is 0 Å². The van der Waals surface area contributed by atoms with Crippen molar-refractivity contribution in [2.75, 3.05) is 18.9 Å². The van der Waals surface area contributed by atoms with Gasteiger partial charge in [0.25, 0.3) is 5.89 Å². The molecule has 2 aromatic rings. The molecule has 0 saturated heterocycles. The largest absolute Gasteiger partial charge is 0.411 e. The average Bonchev–Trinajstić information content (AvgIpc) is 2.90. The molecular formula is C10H11F3N4O2S. The van der Waals surface area contributed by atoms with Crippen molar-refractivity contribution in [2.24, 2.45) is 0 Å². The van der Waals surface area contributed by atoms with E-state index in [9.17, 15) is 13.2 Å². The van der Waals surface area contributed by atoms with Crippen LogP contribution in [0.5, 0.6) is 0 Å². The molecule has 0 spiro atoms. The van der Waals surface area contributed by atoms with Gasteiger partial charge in [0.15, 0.2) is 11.0 Å². The first kappa shape index (κ1) is 14.7. The minimum absolute atomic E-state index is 0.132. The Kier molecular flexibility index (Phi) is 4.23. The molecule has 0 atom stereocenters. The summed E-state index contributed by atoms with van der Waals surface area (Å²) in [6.45, 7) is 0.322. The molecule has 0 aromatic carbocycles. The fraction of sp³-hybridized carbons (Fsp3) is 0.500. The van der Waals surface area contributed by atoms with E-state index in [1.165, 1.54) is 11.3 Å². The van der Waals surface area contributed by atoms with Crippen molar-refractivity contribution in [1.82, 2.24) is 15.1 Å². The molecule has 0 radical (unpaired) electrons. The van der Waals surface area contributed by atoms with Gasteiger partial charge in [-0.05, 0) is 6.92 Å². The zero-order chi connectivity index (χ0) is 14.8. The van der Waals surface area contributed by atoms with Crippen LogP contribution >= 0.6 is 11.3 Å². The minimum atomic E-state index is -4.33. The summed E-state index contributed by atoms with van der Waals surface area (Å²) in [4.78, 5) is 8.73. The zero-order valence-electron chi connectivity index (χ0n) is 10.4. The summed E-state index contributed by atoms with van der Waals surface area (Å²) in [7, 11) is 0. The van der Waals surface area contributed by atoms with Gasteiger partial charge in [0.05, 0.1) is 12.3 Å². The molecule has 0 aliphatic rings. The highest BCUT2D eigenvalue weighted by Gasteiger charge is 2.27. The van der Waals surface area contributed by atoms with E-state index >= 15 is 0 Å². The number of nitrogens with zero attached hydrogens (tertiary/aromatic N) is 3. The molecule has 10 heteroatoms. The van der Waals surface area contributed by atoms with Crippen LogP contribution in [0.4, 0.5) is 18.3 Å². The van der Waals surface area contributed by atoms with Crippen LogP contribution < -0.4 is 5.73 Å². The van der Waals surface area contributed by atoms with Gasteiger partial charge in [-0.3, -0.25) is 0 Å². The predicted molar refractivity (Wildman–Crippen MR) is 65.1 cm³/mol. The number of aryl methyl sites for hydroxylation is 1. The Bertz CT molecular complexity index is 581. The lowest BCUT2D eigenvalue weighted by molar-refractivity contribution is -0.173. The number of hydrogen-bond acceptors (Lipinski definition) is 7. The molecule has 0 bridgehead atoms. The summed E-state index contributed by atoms with van der Waals surface area (Å²) in [6, 6.07) is 0. The lowest BCUT2D eigenvalue weighted by Gasteiger charge is -2.05. The summed E-state index contributed by atoms with van der Waals surface area (Å²) in [5.41, 5.74) is 6.22.